The molecule has 0 spiro atoms. The number of carboxylic acids is 1. The van der Waals surface area contributed by atoms with E-state index < -0.39 is 5.97 Å². The van der Waals surface area contributed by atoms with E-state index in [0.29, 0.717) is 25.1 Å². The number of nitrogens with two attached hydrogens (primary N) is 1. The molecule has 0 aromatic heterocycles. The SMILES string of the molecule is NC1CC(C(=O)Oc2ccccc2)CCN1c1ccc(C(=O)O)cc1. The second kappa shape index (κ2) is 7.36. The quantitative estimate of drug-likeness (QED) is 0.656. The van der Waals surface area contributed by atoms with Crippen molar-refractivity contribution in [1.82, 2.24) is 0 Å². The monoisotopic (exact) mass is 340 g/mol. The summed E-state index contributed by atoms with van der Waals surface area (Å²) in [5, 5.41) is 8.97. The van der Waals surface area contributed by atoms with Gasteiger partial charge in [-0.05, 0) is 49.2 Å². The van der Waals surface area contributed by atoms with Gasteiger partial charge < -0.3 is 20.5 Å². The van der Waals surface area contributed by atoms with Crippen LogP contribution in [0, 0.1) is 5.92 Å². The van der Waals surface area contributed by atoms with Crippen LogP contribution in [-0.2, 0) is 4.79 Å². The van der Waals surface area contributed by atoms with Crippen LogP contribution in [0.25, 0.3) is 0 Å². The summed E-state index contributed by atoms with van der Waals surface area (Å²) in [4.78, 5) is 25.2. The van der Waals surface area contributed by atoms with E-state index in [1.54, 1.807) is 36.4 Å². The first kappa shape index (κ1) is 17.0. The minimum atomic E-state index is -0.960. The number of rotatable bonds is 4. The average molecular weight is 340 g/mol. The van der Waals surface area contributed by atoms with Crippen molar-refractivity contribution in [3.63, 3.8) is 0 Å². The molecule has 2 aromatic carbocycles. The number of carbonyl (C=O) groups is 2. The van der Waals surface area contributed by atoms with E-state index in [-0.39, 0.29) is 23.6 Å². The first-order valence-corrected chi connectivity index (χ1v) is 8.17. The maximum atomic E-state index is 12.3. The van der Waals surface area contributed by atoms with E-state index in [1.807, 2.05) is 23.1 Å². The Balaban J connectivity index is 1.62. The summed E-state index contributed by atoms with van der Waals surface area (Å²) in [7, 11) is 0. The number of piperidine rings is 1. The standard InChI is InChI=1S/C19H20N2O4/c20-17-12-14(19(24)25-16-4-2-1-3-5-16)10-11-21(17)15-8-6-13(7-9-15)18(22)23/h1-9,14,17H,10-12,20H2,(H,22,23). The lowest BCUT2D eigenvalue weighted by atomic mass is 9.94. The minimum Gasteiger partial charge on any atom is -0.478 e. The van der Waals surface area contributed by atoms with Gasteiger partial charge >= 0.3 is 11.9 Å². The van der Waals surface area contributed by atoms with Crippen LogP contribution in [0.1, 0.15) is 23.2 Å². The summed E-state index contributed by atoms with van der Waals surface area (Å²) < 4.78 is 5.41. The fourth-order valence-electron chi connectivity index (χ4n) is 3.02. The van der Waals surface area contributed by atoms with E-state index in [0.717, 1.165) is 5.69 Å². The molecule has 2 unspecified atom stereocenters. The van der Waals surface area contributed by atoms with Crippen LogP contribution in [0.4, 0.5) is 5.69 Å². The number of hydrogen-bond donors (Lipinski definition) is 2. The van der Waals surface area contributed by atoms with Gasteiger partial charge in [-0.2, -0.15) is 0 Å². The highest BCUT2D eigenvalue weighted by atomic mass is 16.5. The molecule has 3 N–H and O–H groups in total. The molecule has 0 radical (unpaired) electrons. The van der Waals surface area contributed by atoms with Crippen molar-refractivity contribution >= 4 is 17.6 Å². The summed E-state index contributed by atoms with van der Waals surface area (Å²) in [6.45, 7) is 0.613. The number of aromatic carboxylic acids is 1. The minimum absolute atomic E-state index is 0.235. The molecule has 6 nitrogen and oxygen atoms in total. The Bertz CT molecular complexity index is 746. The smallest absolute Gasteiger partial charge is 0.335 e. The molecule has 0 bridgehead atoms. The second-order valence-corrected chi connectivity index (χ2v) is 6.07. The molecule has 130 valence electrons. The number of hydrogen-bond acceptors (Lipinski definition) is 5. The summed E-state index contributed by atoms with van der Waals surface area (Å²) >= 11 is 0. The molecule has 2 atom stereocenters. The molecule has 0 saturated carbocycles. The van der Waals surface area contributed by atoms with Crippen molar-refractivity contribution in [2.45, 2.75) is 19.0 Å². The van der Waals surface area contributed by atoms with Crippen LogP contribution in [0.5, 0.6) is 5.75 Å². The predicted octanol–water partition coefficient (Wildman–Crippen LogP) is 2.49. The van der Waals surface area contributed by atoms with Gasteiger partial charge in [-0.3, -0.25) is 4.79 Å². The van der Waals surface area contributed by atoms with Gasteiger partial charge in [0.05, 0.1) is 17.6 Å². The number of ether oxygens (including phenoxy) is 1. The molecule has 6 heteroatoms. The van der Waals surface area contributed by atoms with Crippen LogP contribution in [0.2, 0.25) is 0 Å². The number of nitrogens with zero attached hydrogens (tertiary/aromatic N) is 1. The number of para-hydroxylation sites is 1. The van der Waals surface area contributed by atoms with Crippen molar-refractivity contribution in [3.05, 3.63) is 60.2 Å². The molecule has 0 amide bonds. The predicted molar refractivity (Wildman–Crippen MR) is 93.5 cm³/mol. The van der Waals surface area contributed by atoms with Crippen LogP contribution in [0.15, 0.2) is 54.6 Å². The van der Waals surface area contributed by atoms with Gasteiger partial charge in [0, 0.05) is 12.2 Å². The highest BCUT2D eigenvalue weighted by molar-refractivity contribution is 5.88. The fraction of sp³-hybridized carbons (Fsp3) is 0.263. The molecular weight excluding hydrogens is 320 g/mol. The van der Waals surface area contributed by atoms with Crippen molar-refractivity contribution in [2.24, 2.45) is 11.7 Å². The highest BCUT2D eigenvalue weighted by Crippen LogP contribution is 2.27. The lowest BCUT2D eigenvalue weighted by Crippen LogP contribution is -2.50. The molecule has 25 heavy (non-hydrogen) atoms. The Morgan fingerprint density at radius 3 is 2.36 bits per heavy atom. The highest BCUT2D eigenvalue weighted by Gasteiger charge is 2.31. The van der Waals surface area contributed by atoms with E-state index in [9.17, 15) is 9.59 Å². The van der Waals surface area contributed by atoms with Crippen LogP contribution in [0.3, 0.4) is 0 Å². The number of esters is 1. The van der Waals surface area contributed by atoms with Gasteiger partial charge in [0.2, 0.25) is 0 Å². The molecule has 3 rings (SSSR count). The number of carboxylic acid groups (broad SMARTS) is 1. The molecule has 1 fully saturated rings. The molecule has 1 heterocycles. The Labute approximate surface area is 145 Å². The molecular formula is C19H20N2O4. The van der Waals surface area contributed by atoms with Gasteiger partial charge in [0.25, 0.3) is 0 Å². The normalized spacial score (nSPS) is 20.1. The van der Waals surface area contributed by atoms with Crippen LogP contribution < -0.4 is 15.4 Å². The first-order chi connectivity index (χ1) is 12.0. The average Bonchev–Trinajstić information content (AvgIpc) is 2.62. The lowest BCUT2D eigenvalue weighted by molar-refractivity contribution is -0.139. The zero-order chi connectivity index (χ0) is 17.8. The molecule has 0 aliphatic carbocycles. The second-order valence-electron chi connectivity index (χ2n) is 6.07. The van der Waals surface area contributed by atoms with Gasteiger partial charge in [-0.25, -0.2) is 4.79 Å². The third kappa shape index (κ3) is 3.97. The van der Waals surface area contributed by atoms with E-state index in [4.69, 9.17) is 15.6 Å². The van der Waals surface area contributed by atoms with Crippen molar-refractivity contribution in [3.8, 4) is 5.75 Å². The molecule has 1 aliphatic heterocycles. The number of anilines is 1. The topological polar surface area (TPSA) is 92.9 Å². The summed E-state index contributed by atoms with van der Waals surface area (Å²) in [6, 6.07) is 15.6. The van der Waals surface area contributed by atoms with E-state index >= 15 is 0 Å². The zero-order valence-corrected chi connectivity index (χ0v) is 13.7. The van der Waals surface area contributed by atoms with Gasteiger partial charge in [-0.15, -0.1) is 0 Å². The lowest BCUT2D eigenvalue weighted by Gasteiger charge is -2.38. The van der Waals surface area contributed by atoms with Crippen molar-refractivity contribution in [2.75, 3.05) is 11.4 Å². The summed E-state index contributed by atoms with van der Waals surface area (Å²) in [6.07, 6.45) is 0.810. The number of benzene rings is 2. The third-order valence-corrected chi connectivity index (χ3v) is 4.39. The van der Waals surface area contributed by atoms with Crippen LogP contribution in [-0.4, -0.2) is 29.8 Å². The fourth-order valence-corrected chi connectivity index (χ4v) is 3.02. The zero-order valence-electron chi connectivity index (χ0n) is 13.7. The molecule has 1 saturated heterocycles. The Kier molecular flexibility index (Phi) is 5.00. The van der Waals surface area contributed by atoms with Crippen molar-refractivity contribution in [1.29, 1.82) is 0 Å². The van der Waals surface area contributed by atoms with Gasteiger partial charge in [-0.1, -0.05) is 18.2 Å². The van der Waals surface area contributed by atoms with E-state index in [2.05, 4.69) is 0 Å². The Morgan fingerprint density at radius 1 is 1.08 bits per heavy atom. The third-order valence-electron chi connectivity index (χ3n) is 4.39. The van der Waals surface area contributed by atoms with Crippen molar-refractivity contribution < 1.29 is 19.4 Å². The molecule has 2 aromatic rings. The Hall–Kier alpha value is -2.86. The maximum Gasteiger partial charge on any atom is 0.335 e. The maximum absolute atomic E-state index is 12.3. The molecule has 1 aliphatic rings. The van der Waals surface area contributed by atoms with Gasteiger partial charge in [0.15, 0.2) is 0 Å². The first-order valence-electron chi connectivity index (χ1n) is 8.17. The van der Waals surface area contributed by atoms with Crippen LogP contribution >= 0.6 is 0 Å². The largest absolute Gasteiger partial charge is 0.478 e. The van der Waals surface area contributed by atoms with E-state index in [1.165, 1.54) is 0 Å². The van der Waals surface area contributed by atoms with Gasteiger partial charge in [0.1, 0.15) is 5.75 Å². The summed E-state index contributed by atoms with van der Waals surface area (Å²) in [5.41, 5.74) is 7.32. The summed E-state index contributed by atoms with van der Waals surface area (Å²) in [5.74, 6) is -0.932. The Morgan fingerprint density at radius 2 is 1.76 bits per heavy atom. The number of carbonyl (C=O) groups excluding carboxylic acids is 1.